The first kappa shape index (κ1) is 21.8. The zero-order valence-corrected chi connectivity index (χ0v) is 18.8. The predicted octanol–water partition coefficient (Wildman–Crippen LogP) is 4.12. The van der Waals surface area contributed by atoms with Gasteiger partial charge in [-0.3, -0.25) is 14.3 Å². The highest BCUT2D eigenvalue weighted by atomic mass is 16.2. The van der Waals surface area contributed by atoms with E-state index in [-0.39, 0.29) is 11.8 Å². The number of aryl methyl sites for hydroxylation is 3. The van der Waals surface area contributed by atoms with Crippen LogP contribution >= 0.6 is 0 Å². The van der Waals surface area contributed by atoms with Crippen LogP contribution in [0.4, 0.5) is 5.69 Å². The van der Waals surface area contributed by atoms with Gasteiger partial charge in [-0.1, -0.05) is 19.9 Å². The second-order valence-corrected chi connectivity index (χ2v) is 8.72. The highest BCUT2D eigenvalue weighted by Gasteiger charge is 2.26. The van der Waals surface area contributed by atoms with Crippen LogP contribution in [-0.4, -0.2) is 39.6 Å². The molecule has 2 aromatic rings. The van der Waals surface area contributed by atoms with Gasteiger partial charge in [0.2, 0.25) is 5.91 Å². The second-order valence-electron chi connectivity index (χ2n) is 8.72. The first-order chi connectivity index (χ1) is 14.2. The van der Waals surface area contributed by atoms with E-state index in [0.29, 0.717) is 23.1 Å². The van der Waals surface area contributed by atoms with Gasteiger partial charge in [-0.15, -0.1) is 0 Å². The maximum atomic E-state index is 13.0. The lowest BCUT2D eigenvalue weighted by Crippen LogP contribution is -2.42. The summed E-state index contributed by atoms with van der Waals surface area (Å²) in [6.07, 6.45) is 4.45. The Balaban J connectivity index is 1.74. The average Bonchev–Trinajstić information content (AvgIpc) is 2.92. The van der Waals surface area contributed by atoms with Gasteiger partial charge < -0.3 is 10.2 Å². The zero-order valence-electron chi connectivity index (χ0n) is 18.8. The summed E-state index contributed by atoms with van der Waals surface area (Å²) in [5.74, 6) is 0.810. The summed E-state index contributed by atoms with van der Waals surface area (Å²) >= 11 is 0. The van der Waals surface area contributed by atoms with E-state index < -0.39 is 0 Å². The van der Waals surface area contributed by atoms with Crippen molar-refractivity contribution in [3.05, 3.63) is 52.4 Å². The summed E-state index contributed by atoms with van der Waals surface area (Å²) in [6, 6.07) is 5.52. The molecule has 0 aliphatic carbocycles. The SMILES string of the molecule is Cc1ccc(C(=O)N2CC(C)CC(C)C2)cc1NC(=O)/C=C/c1c(C)nn(C)c1C. The molecule has 6 nitrogen and oxygen atoms in total. The van der Waals surface area contributed by atoms with Gasteiger partial charge in [0.05, 0.1) is 5.69 Å². The fourth-order valence-electron chi connectivity index (χ4n) is 4.27. The van der Waals surface area contributed by atoms with Crippen LogP contribution in [0, 0.1) is 32.6 Å². The van der Waals surface area contributed by atoms with Gasteiger partial charge in [0.1, 0.15) is 0 Å². The third-order valence-corrected chi connectivity index (χ3v) is 5.86. The molecule has 1 fully saturated rings. The van der Waals surface area contributed by atoms with Crippen molar-refractivity contribution >= 4 is 23.6 Å². The number of carbonyl (C=O) groups is 2. The summed E-state index contributed by atoms with van der Waals surface area (Å²) in [6.45, 7) is 11.8. The number of benzene rings is 1. The Labute approximate surface area is 179 Å². The number of hydrogen-bond acceptors (Lipinski definition) is 3. The molecule has 2 unspecified atom stereocenters. The van der Waals surface area contributed by atoms with Gasteiger partial charge in [0, 0.05) is 48.7 Å². The van der Waals surface area contributed by atoms with Crippen LogP contribution < -0.4 is 5.32 Å². The summed E-state index contributed by atoms with van der Waals surface area (Å²) in [4.78, 5) is 27.5. The minimum absolute atomic E-state index is 0.0288. The highest BCUT2D eigenvalue weighted by molar-refractivity contribution is 6.03. The number of piperidine rings is 1. The molecule has 0 radical (unpaired) electrons. The predicted molar refractivity (Wildman–Crippen MR) is 120 cm³/mol. The summed E-state index contributed by atoms with van der Waals surface area (Å²) in [5.41, 5.74) is 5.02. The number of nitrogens with one attached hydrogen (secondary N) is 1. The molecule has 30 heavy (non-hydrogen) atoms. The Morgan fingerprint density at radius 1 is 1.13 bits per heavy atom. The lowest BCUT2D eigenvalue weighted by Gasteiger charge is -2.35. The Hall–Kier alpha value is -2.89. The number of hydrogen-bond donors (Lipinski definition) is 1. The van der Waals surface area contributed by atoms with E-state index in [1.165, 1.54) is 6.08 Å². The van der Waals surface area contributed by atoms with Crippen LogP contribution in [0.25, 0.3) is 6.08 Å². The molecule has 0 saturated carbocycles. The Bertz CT molecular complexity index is 979. The van der Waals surface area contributed by atoms with Gasteiger partial charge in [-0.25, -0.2) is 0 Å². The zero-order chi connectivity index (χ0) is 22.0. The summed E-state index contributed by atoms with van der Waals surface area (Å²) < 4.78 is 1.80. The molecule has 3 rings (SSSR count). The summed E-state index contributed by atoms with van der Waals surface area (Å²) in [5, 5.41) is 7.28. The van der Waals surface area contributed by atoms with Gasteiger partial charge >= 0.3 is 0 Å². The third-order valence-electron chi connectivity index (χ3n) is 5.86. The molecule has 0 spiro atoms. The van der Waals surface area contributed by atoms with Crippen molar-refractivity contribution in [2.24, 2.45) is 18.9 Å². The number of amides is 2. The Morgan fingerprint density at radius 3 is 2.40 bits per heavy atom. The monoisotopic (exact) mass is 408 g/mol. The maximum Gasteiger partial charge on any atom is 0.253 e. The minimum Gasteiger partial charge on any atom is -0.338 e. The van der Waals surface area contributed by atoms with E-state index in [0.717, 1.165) is 42.0 Å². The van der Waals surface area contributed by atoms with E-state index in [4.69, 9.17) is 0 Å². The van der Waals surface area contributed by atoms with Crippen molar-refractivity contribution in [2.45, 2.75) is 41.0 Å². The van der Waals surface area contributed by atoms with E-state index in [1.54, 1.807) is 16.8 Å². The average molecular weight is 409 g/mol. The quantitative estimate of drug-likeness (QED) is 0.774. The van der Waals surface area contributed by atoms with Crippen molar-refractivity contribution < 1.29 is 9.59 Å². The lowest BCUT2D eigenvalue weighted by molar-refractivity contribution is -0.111. The number of carbonyl (C=O) groups excluding carboxylic acids is 2. The molecule has 0 bridgehead atoms. The van der Waals surface area contributed by atoms with Crippen molar-refractivity contribution in [1.82, 2.24) is 14.7 Å². The number of nitrogens with zero attached hydrogens (tertiary/aromatic N) is 3. The molecular weight excluding hydrogens is 376 g/mol. The van der Waals surface area contributed by atoms with Crippen molar-refractivity contribution in [1.29, 1.82) is 0 Å². The topological polar surface area (TPSA) is 67.2 Å². The van der Waals surface area contributed by atoms with Gasteiger partial charge in [-0.05, 0) is 62.8 Å². The first-order valence-corrected chi connectivity index (χ1v) is 10.5. The van der Waals surface area contributed by atoms with E-state index in [1.807, 2.05) is 44.9 Å². The molecule has 2 atom stereocenters. The fourth-order valence-corrected chi connectivity index (χ4v) is 4.27. The third kappa shape index (κ3) is 4.81. The molecule has 1 N–H and O–H groups in total. The van der Waals surface area contributed by atoms with E-state index >= 15 is 0 Å². The van der Waals surface area contributed by atoms with Crippen molar-refractivity contribution in [2.75, 3.05) is 18.4 Å². The standard InChI is InChI=1S/C24H32N4O2/c1-15-11-16(2)14-28(13-15)24(30)20-8-7-17(3)22(12-20)25-23(29)10-9-21-18(4)26-27(6)19(21)5/h7-10,12,15-16H,11,13-14H2,1-6H3,(H,25,29)/b10-9+. The van der Waals surface area contributed by atoms with Crippen molar-refractivity contribution in [3.63, 3.8) is 0 Å². The smallest absolute Gasteiger partial charge is 0.253 e. The molecule has 6 heteroatoms. The van der Waals surface area contributed by atoms with Crippen LogP contribution in [0.15, 0.2) is 24.3 Å². The summed E-state index contributed by atoms with van der Waals surface area (Å²) in [7, 11) is 1.88. The van der Waals surface area contributed by atoms with Gasteiger partial charge in [0.25, 0.3) is 5.91 Å². The van der Waals surface area contributed by atoms with Crippen molar-refractivity contribution in [3.8, 4) is 0 Å². The molecule has 1 aliphatic heterocycles. The molecular formula is C24H32N4O2. The molecule has 1 aromatic carbocycles. The van der Waals surface area contributed by atoms with E-state index in [2.05, 4.69) is 24.3 Å². The highest BCUT2D eigenvalue weighted by Crippen LogP contribution is 2.24. The van der Waals surface area contributed by atoms with Crippen LogP contribution in [0.2, 0.25) is 0 Å². The number of rotatable bonds is 4. The maximum absolute atomic E-state index is 13.0. The van der Waals surface area contributed by atoms with Crippen LogP contribution in [-0.2, 0) is 11.8 Å². The Kier molecular flexibility index (Phi) is 6.44. The second kappa shape index (κ2) is 8.86. The van der Waals surface area contributed by atoms with Crippen LogP contribution in [0.5, 0.6) is 0 Å². The van der Waals surface area contributed by atoms with Gasteiger partial charge in [0.15, 0.2) is 0 Å². The number of likely N-dealkylation sites (tertiary alicyclic amines) is 1. The van der Waals surface area contributed by atoms with E-state index in [9.17, 15) is 9.59 Å². The normalized spacial score (nSPS) is 19.3. The van der Waals surface area contributed by atoms with Gasteiger partial charge in [-0.2, -0.15) is 5.10 Å². The molecule has 2 heterocycles. The van der Waals surface area contributed by atoms with Crippen LogP contribution in [0.1, 0.15) is 53.1 Å². The molecule has 1 saturated heterocycles. The first-order valence-electron chi connectivity index (χ1n) is 10.5. The fraction of sp³-hybridized carbons (Fsp3) is 0.458. The van der Waals surface area contributed by atoms with Crippen LogP contribution in [0.3, 0.4) is 0 Å². The Morgan fingerprint density at radius 2 is 1.80 bits per heavy atom. The number of aromatic nitrogens is 2. The number of anilines is 1. The largest absolute Gasteiger partial charge is 0.338 e. The molecule has 2 amide bonds. The molecule has 160 valence electrons. The molecule has 1 aliphatic rings. The lowest BCUT2D eigenvalue weighted by atomic mass is 9.91. The minimum atomic E-state index is -0.231. The molecule has 1 aromatic heterocycles.